The van der Waals surface area contributed by atoms with Crippen LogP contribution in [0, 0.1) is 0 Å². The highest BCUT2D eigenvalue weighted by molar-refractivity contribution is 8.00. The average Bonchev–Trinajstić information content (AvgIpc) is 2.39. The van der Waals surface area contributed by atoms with Gasteiger partial charge in [0.15, 0.2) is 0 Å². The number of amides is 1. The molecule has 1 aromatic rings. The molecule has 0 bridgehead atoms. The summed E-state index contributed by atoms with van der Waals surface area (Å²) in [6.45, 7) is 2.39. The maximum absolute atomic E-state index is 11.6. The van der Waals surface area contributed by atoms with E-state index in [0.29, 0.717) is 29.4 Å². The average molecular weight is 322 g/mol. The van der Waals surface area contributed by atoms with Crippen molar-refractivity contribution in [3.63, 3.8) is 0 Å². The molecule has 0 heterocycles. The summed E-state index contributed by atoms with van der Waals surface area (Å²) in [5.74, 6) is 0.201. The van der Waals surface area contributed by atoms with E-state index < -0.39 is 0 Å². The molecule has 0 fully saturated rings. The van der Waals surface area contributed by atoms with Crippen LogP contribution in [0.15, 0.2) is 23.1 Å². The highest BCUT2D eigenvalue weighted by Gasteiger charge is 2.07. The van der Waals surface area contributed by atoms with Gasteiger partial charge in [-0.3, -0.25) is 4.79 Å². The smallest absolute Gasteiger partial charge is 0.230 e. The molecule has 106 valence electrons. The molecule has 0 radical (unpaired) electrons. The lowest BCUT2D eigenvalue weighted by molar-refractivity contribution is -0.118. The van der Waals surface area contributed by atoms with Crippen LogP contribution in [0.1, 0.15) is 19.8 Å². The summed E-state index contributed by atoms with van der Waals surface area (Å²) >= 11 is 13.2. The zero-order valence-corrected chi connectivity index (χ0v) is 13.0. The van der Waals surface area contributed by atoms with Gasteiger partial charge in [-0.15, -0.1) is 11.8 Å². The van der Waals surface area contributed by atoms with Crippen molar-refractivity contribution in [3.05, 3.63) is 28.2 Å². The Morgan fingerprint density at radius 3 is 2.89 bits per heavy atom. The first-order valence-corrected chi connectivity index (χ1v) is 7.79. The fourth-order valence-corrected chi connectivity index (χ4v) is 2.69. The largest absolute Gasteiger partial charge is 0.393 e. The number of hydrogen-bond acceptors (Lipinski definition) is 3. The van der Waals surface area contributed by atoms with Gasteiger partial charge in [0.25, 0.3) is 0 Å². The molecule has 19 heavy (non-hydrogen) atoms. The molecule has 1 aromatic carbocycles. The summed E-state index contributed by atoms with van der Waals surface area (Å²) in [4.78, 5) is 12.4. The summed E-state index contributed by atoms with van der Waals surface area (Å²) in [7, 11) is 0. The number of aliphatic hydroxyl groups excluding tert-OH is 1. The number of hydrogen-bond donors (Lipinski definition) is 2. The molecular formula is C13H17Cl2NO2S. The maximum atomic E-state index is 11.6. The van der Waals surface area contributed by atoms with E-state index in [-0.39, 0.29) is 17.8 Å². The minimum absolute atomic E-state index is 0.0793. The molecular weight excluding hydrogens is 305 g/mol. The van der Waals surface area contributed by atoms with Gasteiger partial charge in [0.1, 0.15) is 0 Å². The Morgan fingerprint density at radius 1 is 1.47 bits per heavy atom. The van der Waals surface area contributed by atoms with E-state index in [9.17, 15) is 9.90 Å². The third kappa shape index (κ3) is 6.52. The van der Waals surface area contributed by atoms with Crippen LogP contribution < -0.4 is 5.32 Å². The van der Waals surface area contributed by atoms with Gasteiger partial charge in [0.05, 0.1) is 16.9 Å². The van der Waals surface area contributed by atoms with Gasteiger partial charge in [-0.25, -0.2) is 0 Å². The molecule has 6 heteroatoms. The quantitative estimate of drug-likeness (QED) is 0.757. The minimum Gasteiger partial charge on any atom is -0.393 e. The van der Waals surface area contributed by atoms with Crippen molar-refractivity contribution in [2.75, 3.05) is 12.3 Å². The number of halogens is 2. The Balaban J connectivity index is 2.32. The van der Waals surface area contributed by atoms with E-state index in [1.165, 1.54) is 11.8 Å². The monoisotopic (exact) mass is 321 g/mol. The van der Waals surface area contributed by atoms with E-state index in [0.717, 1.165) is 4.90 Å². The van der Waals surface area contributed by atoms with Crippen LogP contribution in [0.3, 0.4) is 0 Å². The molecule has 0 spiro atoms. The Hall–Kier alpha value is -0.420. The van der Waals surface area contributed by atoms with Gasteiger partial charge < -0.3 is 10.4 Å². The topological polar surface area (TPSA) is 49.3 Å². The second kappa shape index (κ2) is 8.69. The van der Waals surface area contributed by atoms with E-state index in [1.54, 1.807) is 18.2 Å². The Labute approximate surface area is 127 Å². The van der Waals surface area contributed by atoms with Gasteiger partial charge in [-0.1, -0.05) is 30.1 Å². The lowest BCUT2D eigenvalue weighted by Crippen LogP contribution is -2.28. The zero-order valence-electron chi connectivity index (χ0n) is 10.7. The molecule has 0 aromatic heterocycles. The number of thioether (sulfide) groups is 1. The molecule has 1 amide bonds. The molecule has 3 nitrogen and oxygen atoms in total. The van der Waals surface area contributed by atoms with Crippen LogP contribution in [0.4, 0.5) is 0 Å². The summed E-state index contributed by atoms with van der Waals surface area (Å²) < 4.78 is 0. The molecule has 0 aliphatic heterocycles. The molecule has 0 aliphatic carbocycles. The van der Waals surface area contributed by atoms with Gasteiger partial charge in [0.2, 0.25) is 5.91 Å². The lowest BCUT2D eigenvalue weighted by Gasteiger charge is -2.09. The first kappa shape index (κ1) is 16.6. The van der Waals surface area contributed by atoms with Crippen molar-refractivity contribution in [3.8, 4) is 0 Å². The standard InChI is InChI=1S/C13H17Cl2NO2S/c1-2-10(17)5-6-16-13(18)8-19-12-7-9(14)3-4-11(12)15/h3-4,7,10,17H,2,5-6,8H2,1H3,(H,16,18). The third-order valence-corrected chi connectivity index (χ3v) is 4.26. The first-order valence-electron chi connectivity index (χ1n) is 6.05. The number of aliphatic hydroxyl groups is 1. The number of rotatable bonds is 7. The second-order valence-electron chi connectivity index (χ2n) is 4.06. The molecule has 1 rings (SSSR count). The summed E-state index contributed by atoms with van der Waals surface area (Å²) in [5.41, 5.74) is 0. The molecule has 0 aliphatic rings. The maximum Gasteiger partial charge on any atom is 0.230 e. The predicted octanol–water partition coefficient (Wildman–Crippen LogP) is 3.36. The van der Waals surface area contributed by atoms with E-state index >= 15 is 0 Å². The molecule has 1 unspecified atom stereocenters. The predicted molar refractivity (Wildman–Crippen MR) is 81.1 cm³/mol. The van der Waals surface area contributed by atoms with Crippen LogP contribution in [0.25, 0.3) is 0 Å². The first-order chi connectivity index (χ1) is 9.02. The van der Waals surface area contributed by atoms with Gasteiger partial charge in [0, 0.05) is 16.5 Å². The van der Waals surface area contributed by atoms with Crippen LogP contribution >= 0.6 is 35.0 Å². The Bertz CT molecular complexity index is 429. The van der Waals surface area contributed by atoms with Crippen LogP contribution in [-0.4, -0.2) is 29.4 Å². The number of nitrogens with one attached hydrogen (secondary N) is 1. The normalized spacial score (nSPS) is 12.2. The molecule has 1 atom stereocenters. The highest BCUT2D eigenvalue weighted by Crippen LogP contribution is 2.29. The third-order valence-electron chi connectivity index (χ3n) is 2.52. The Morgan fingerprint density at radius 2 is 2.21 bits per heavy atom. The van der Waals surface area contributed by atoms with Crippen LogP contribution in [0.2, 0.25) is 10.0 Å². The van der Waals surface area contributed by atoms with Crippen molar-refractivity contribution in [2.45, 2.75) is 30.8 Å². The van der Waals surface area contributed by atoms with Gasteiger partial charge in [-0.05, 0) is 31.0 Å². The SMILES string of the molecule is CCC(O)CCNC(=O)CSc1cc(Cl)ccc1Cl. The zero-order chi connectivity index (χ0) is 14.3. The number of benzene rings is 1. The second-order valence-corrected chi connectivity index (χ2v) is 5.92. The summed E-state index contributed by atoms with van der Waals surface area (Å²) in [6.07, 6.45) is 0.920. The molecule has 0 saturated carbocycles. The van der Waals surface area contributed by atoms with Crippen molar-refractivity contribution < 1.29 is 9.90 Å². The van der Waals surface area contributed by atoms with Crippen LogP contribution in [-0.2, 0) is 4.79 Å². The summed E-state index contributed by atoms with van der Waals surface area (Å²) in [6, 6.07) is 5.16. The fourth-order valence-electron chi connectivity index (χ4n) is 1.36. The fraction of sp³-hybridized carbons (Fsp3) is 0.462. The van der Waals surface area contributed by atoms with Crippen molar-refractivity contribution in [1.82, 2.24) is 5.32 Å². The molecule has 2 N–H and O–H groups in total. The van der Waals surface area contributed by atoms with Gasteiger partial charge >= 0.3 is 0 Å². The van der Waals surface area contributed by atoms with E-state index in [4.69, 9.17) is 23.2 Å². The Kier molecular flexibility index (Phi) is 7.61. The van der Waals surface area contributed by atoms with Crippen LogP contribution in [0.5, 0.6) is 0 Å². The van der Waals surface area contributed by atoms with Gasteiger partial charge in [-0.2, -0.15) is 0 Å². The summed E-state index contributed by atoms with van der Waals surface area (Å²) in [5, 5.41) is 13.3. The van der Waals surface area contributed by atoms with E-state index in [1.807, 2.05) is 6.92 Å². The van der Waals surface area contributed by atoms with Crippen molar-refractivity contribution >= 4 is 40.9 Å². The number of carbonyl (C=O) groups excluding carboxylic acids is 1. The molecule has 0 saturated heterocycles. The lowest BCUT2D eigenvalue weighted by atomic mass is 10.2. The van der Waals surface area contributed by atoms with E-state index in [2.05, 4.69) is 5.32 Å². The van der Waals surface area contributed by atoms with Crippen molar-refractivity contribution in [1.29, 1.82) is 0 Å². The minimum atomic E-state index is -0.352. The highest BCUT2D eigenvalue weighted by atomic mass is 35.5. The van der Waals surface area contributed by atoms with Crippen molar-refractivity contribution in [2.24, 2.45) is 0 Å². The number of carbonyl (C=O) groups is 1.